The maximum atomic E-state index is 13.0. The summed E-state index contributed by atoms with van der Waals surface area (Å²) < 4.78 is 23.7. The number of halogens is 1. The first-order valence-electron chi connectivity index (χ1n) is 7.29. The number of amides is 1. The highest BCUT2D eigenvalue weighted by atomic mass is 19.1. The van der Waals surface area contributed by atoms with E-state index in [9.17, 15) is 9.18 Å². The first-order chi connectivity index (χ1) is 11.0. The topological polar surface area (TPSA) is 47.6 Å². The zero-order chi connectivity index (χ0) is 16.8. The third-order valence-electron chi connectivity index (χ3n) is 3.34. The van der Waals surface area contributed by atoms with Crippen LogP contribution in [0.25, 0.3) is 0 Å². The molecular weight excluding hydrogens is 297 g/mol. The molecule has 0 atom stereocenters. The van der Waals surface area contributed by atoms with Crippen LogP contribution in [0.2, 0.25) is 0 Å². The van der Waals surface area contributed by atoms with Crippen molar-refractivity contribution in [3.05, 3.63) is 58.9 Å². The fourth-order valence-corrected chi connectivity index (χ4v) is 2.42. The number of benzene rings is 2. The number of rotatable bonds is 6. The minimum absolute atomic E-state index is 0.170. The summed E-state index contributed by atoms with van der Waals surface area (Å²) in [4.78, 5) is 11.9. The minimum atomic E-state index is -0.400. The Morgan fingerprint density at radius 2 is 2.00 bits per heavy atom. The first kappa shape index (κ1) is 16.8. The predicted octanol–water partition coefficient (Wildman–Crippen LogP) is 3.15. The highest BCUT2D eigenvalue weighted by Gasteiger charge is 2.09. The molecule has 122 valence electrons. The van der Waals surface area contributed by atoms with E-state index in [0.717, 1.165) is 22.4 Å². The SMILES string of the molecule is COc1c(C)cc(C)cc1CNC(=O)COc1cccc(F)c1. The minimum Gasteiger partial charge on any atom is -0.496 e. The van der Waals surface area contributed by atoms with Crippen LogP contribution in [0.1, 0.15) is 16.7 Å². The monoisotopic (exact) mass is 317 g/mol. The van der Waals surface area contributed by atoms with Crippen molar-refractivity contribution in [1.29, 1.82) is 0 Å². The second-order valence-corrected chi connectivity index (χ2v) is 5.30. The van der Waals surface area contributed by atoms with E-state index in [1.165, 1.54) is 18.2 Å². The Morgan fingerprint density at radius 3 is 2.70 bits per heavy atom. The number of ether oxygens (including phenoxy) is 2. The van der Waals surface area contributed by atoms with Crippen LogP contribution in [0.5, 0.6) is 11.5 Å². The van der Waals surface area contributed by atoms with Crippen molar-refractivity contribution in [2.75, 3.05) is 13.7 Å². The Balaban J connectivity index is 1.92. The predicted molar refractivity (Wildman–Crippen MR) is 86.2 cm³/mol. The van der Waals surface area contributed by atoms with Gasteiger partial charge in [-0.2, -0.15) is 0 Å². The highest BCUT2D eigenvalue weighted by molar-refractivity contribution is 5.77. The number of methoxy groups -OCH3 is 1. The summed E-state index contributed by atoms with van der Waals surface area (Å²) in [5.41, 5.74) is 3.03. The van der Waals surface area contributed by atoms with Gasteiger partial charge in [-0.3, -0.25) is 4.79 Å². The maximum absolute atomic E-state index is 13.0. The van der Waals surface area contributed by atoms with Crippen molar-refractivity contribution < 1.29 is 18.7 Å². The van der Waals surface area contributed by atoms with Gasteiger partial charge in [0.2, 0.25) is 0 Å². The van der Waals surface area contributed by atoms with Crippen molar-refractivity contribution in [2.45, 2.75) is 20.4 Å². The lowest BCUT2D eigenvalue weighted by molar-refractivity contribution is -0.123. The Labute approximate surface area is 135 Å². The van der Waals surface area contributed by atoms with Gasteiger partial charge in [-0.25, -0.2) is 4.39 Å². The van der Waals surface area contributed by atoms with Crippen molar-refractivity contribution >= 4 is 5.91 Å². The fraction of sp³-hybridized carbons (Fsp3) is 0.278. The van der Waals surface area contributed by atoms with Crippen LogP contribution < -0.4 is 14.8 Å². The summed E-state index contributed by atoms with van der Waals surface area (Å²) in [5, 5.41) is 2.78. The Morgan fingerprint density at radius 1 is 1.22 bits per heavy atom. The zero-order valence-electron chi connectivity index (χ0n) is 13.5. The van der Waals surface area contributed by atoms with E-state index < -0.39 is 5.82 Å². The molecule has 0 aliphatic heterocycles. The molecule has 0 bridgehead atoms. The molecule has 0 aliphatic carbocycles. The molecule has 0 radical (unpaired) electrons. The summed E-state index contributed by atoms with van der Waals surface area (Å²) in [7, 11) is 1.61. The van der Waals surface area contributed by atoms with Crippen LogP contribution in [0, 0.1) is 19.7 Å². The summed E-state index contributed by atoms with van der Waals surface area (Å²) in [6.07, 6.45) is 0. The Hall–Kier alpha value is -2.56. The van der Waals surface area contributed by atoms with Gasteiger partial charge in [0.1, 0.15) is 17.3 Å². The van der Waals surface area contributed by atoms with Crippen molar-refractivity contribution in [1.82, 2.24) is 5.32 Å². The number of carbonyl (C=O) groups is 1. The highest BCUT2D eigenvalue weighted by Crippen LogP contribution is 2.24. The molecule has 1 N–H and O–H groups in total. The van der Waals surface area contributed by atoms with Crippen LogP contribution >= 0.6 is 0 Å². The number of hydrogen-bond acceptors (Lipinski definition) is 3. The van der Waals surface area contributed by atoms with Crippen LogP contribution in [0.3, 0.4) is 0 Å². The largest absolute Gasteiger partial charge is 0.496 e. The number of carbonyl (C=O) groups excluding carboxylic acids is 1. The molecule has 1 amide bonds. The average Bonchev–Trinajstić information content (AvgIpc) is 2.50. The van der Waals surface area contributed by atoms with Crippen LogP contribution in [-0.4, -0.2) is 19.6 Å². The molecule has 23 heavy (non-hydrogen) atoms. The Bertz CT molecular complexity index is 701. The van der Waals surface area contributed by atoms with E-state index in [4.69, 9.17) is 9.47 Å². The second-order valence-electron chi connectivity index (χ2n) is 5.30. The van der Waals surface area contributed by atoms with E-state index in [1.807, 2.05) is 26.0 Å². The van der Waals surface area contributed by atoms with Crippen molar-refractivity contribution in [3.63, 3.8) is 0 Å². The molecule has 0 saturated heterocycles. The lowest BCUT2D eigenvalue weighted by Crippen LogP contribution is -2.28. The molecule has 2 aromatic rings. The van der Waals surface area contributed by atoms with Crippen LogP contribution in [0.4, 0.5) is 4.39 Å². The van der Waals surface area contributed by atoms with E-state index in [0.29, 0.717) is 12.3 Å². The second kappa shape index (κ2) is 7.63. The summed E-state index contributed by atoms with van der Waals surface area (Å²) in [5.74, 6) is 0.407. The summed E-state index contributed by atoms with van der Waals surface area (Å²) >= 11 is 0. The molecule has 2 rings (SSSR count). The Kier molecular flexibility index (Phi) is 5.57. The molecule has 0 fully saturated rings. The third kappa shape index (κ3) is 4.71. The lowest BCUT2D eigenvalue weighted by atomic mass is 10.1. The van der Waals surface area contributed by atoms with E-state index in [2.05, 4.69) is 5.32 Å². The third-order valence-corrected chi connectivity index (χ3v) is 3.34. The standard InChI is InChI=1S/C18H20FNO3/c1-12-7-13(2)18(22-3)14(8-12)10-20-17(21)11-23-16-6-4-5-15(19)9-16/h4-9H,10-11H2,1-3H3,(H,20,21). The number of hydrogen-bond donors (Lipinski definition) is 1. The molecule has 5 heteroatoms. The molecule has 0 saturated carbocycles. The summed E-state index contributed by atoms with van der Waals surface area (Å²) in [6, 6.07) is 9.68. The number of aryl methyl sites for hydroxylation is 2. The van der Waals surface area contributed by atoms with E-state index >= 15 is 0 Å². The average molecular weight is 317 g/mol. The van der Waals surface area contributed by atoms with Crippen LogP contribution in [0.15, 0.2) is 36.4 Å². The molecule has 0 aromatic heterocycles. The molecule has 0 heterocycles. The zero-order valence-corrected chi connectivity index (χ0v) is 13.5. The van der Waals surface area contributed by atoms with Gasteiger partial charge in [0, 0.05) is 18.2 Å². The maximum Gasteiger partial charge on any atom is 0.258 e. The van der Waals surface area contributed by atoms with Gasteiger partial charge in [-0.05, 0) is 31.5 Å². The van der Waals surface area contributed by atoms with Gasteiger partial charge in [-0.15, -0.1) is 0 Å². The van der Waals surface area contributed by atoms with Gasteiger partial charge in [0.05, 0.1) is 7.11 Å². The smallest absolute Gasteiger partial charge is 0.258 e. The molecule has 2 aromatic carbocycles. The quantitative estimate of drug-likeness (QED) is 0.890. The van der Waals surface area contributed by atoms with Gasteiger partial charge >= 0.3 is 0 Å². The molecule has 4 nitrogen and oxygen atoms in total. The molecular formula is C18H20FNO3. The van der Waals surface area contributed by atoms with Crippen LogP contribution in [-0.2, 0) is 11.3 Å². The fourth-order valence-electron chi connectivity index (χ4n) is 2.42. The van der Waals surface area contributed by atoms with E-state index in [-0.39, 0.29) is 12.5 Å². The van der Waals surface area contributed by atoms with Crippen molar-refractivity contribution in [2.24, 2.45) is 0 Å². The van der Waals surface area contributed by atoms with Gasteiger partial charge in [0.15, 0.2) is 6.61 Å². The van der Waals surface area contributed by atoms with Gasteiger partial charge in [-0.1, -0.05) is 23.8 Å². The normalized spacial score (nSPS) is 10.3. The lowest BCUT2D eigenvalue weighted by Gasteiger charge is -2.14. The summed E-state index contributed by atoms with van der Waals surface area (Å²) in [6.45, 7) is 4.13. The number of nitrogens with one attached hydrogen (secondary N) is 1. The first-order valence-corrected chi connectivity index (χ1v) is 7.29. The van der Waals surface area contributed by atoms with Gasteiger partial charge < -0.3 is 14.8 Å². The molecule has 0 aliphatic rings. The van der Waals surface area contributed by atoms with Gasteiger partial charge in [0.25, 0.3) is 5.91 Å². The molecule has 0 spiro atoms. The van der Waals surface area contributed by atoms with Crippen molar-refractivity contribution in [3.8, 4) is 11.5 Å². The van der Waals surface area contributed by atoms with E-state index in [1.54, 1.807) is 13.2 Å². The molecule has 0 unspecified atom stereocenters.